The van der Waals surface area contributed by atoms with Gasteiger partial charge in [0.15, 0.2) is 23.1 Å². The van der Waals surface area contributed by atoms with Crippen LogP contribution in [0.3, 0.4) is 0 Å². The molecule has 0 amide bonds. The van der Waals surface area contributed by atoms with Crippen LogP contribution in [0.4, 0.5) is 14.5 Å². The molecule has 0 saturated heterocycles. The third-order valence-corrected chi connectivity index (χ3v) is 3.95. The van der Waals surface area contributed by atoms with E-state index in [1.165, 1.54) is 30.3 Å². The van der Waals surface area contributed by atoms with E-state index >= 15 is 0 Å². The zero-order valence-electron chi connectivity index (χ0n) is 13.6. The van der Waals surface area contributed by atoms with E-state index in [4.69, 9.17) is 12.2 Å². The molecular weight excluding hydrogens is 354 g/mol. The molecule has 0 fully saturated rings. The Labute approximate surface area is 154 Å². The third kappa shape index (κ3) is 3.92. The molecule has 6 heteroatoms. The summed E-state index contributed by atoms with van der Waals surface area (Å²) < 4.78 is 28.7. The van der Waals surface area contributed by atoms with E-state index in [-0.39, 0.29) is 22.1 Å². The number of rotatable bonds is 4. The number of halogens is 2. The number of benzene rings is 2. The second kappa shape index (κ2) is 7.84. The van der Waals surface area contributed by atoms with Gasteiger partial charge in [0.05, 0.1) is 5.69 Å². The van der Waals surface area contributed by atoms with E-state index in [1.54, 1.807) is 47.3 Å². The van der Waals surface area contributed by atoms with Gasteiger partial charge in [-0.15, -0.1) is 0 Å². The molecule has 0 spiro atoms. The lowest BCUT2D eigenvalue weighted by atomic mass is 10.1. The maximum atomic E-state index is 13.9. The number of anilines is 1. The number of pyridine rings is 1. The molecule has 3 aromatic rings. The molecule has 1 aromatic heterocycles. The maximum absolute atomic E-state index is 13.9. The van der Waals surface area contributed by atoms with Crippen molar-refractivity contribution in [2.75, 3.05) is 5.32 Å². The monoisotopic (exact) mass is 369 g/mol. The molecule has 0 radical (unpaired) electrons. The summed E-state index contributed by atoms with van der Waals surface area (Å²) in [5, 5.41) is 13.6. The summed E-state index contributed by atoms with van der Waals surface area (Å²) in [7, 11) is 0. The molecule has 0 saturated carbocycles. The average molecular weight is 369 g/mol. The van der Waals surface area contributed by atoms with Crippen LogP contribution in [-0.4, -0.2) is 10.1 Å². The summed E-state index contributed by atoms with van der Waals surface area (Å²) in [4.78, 5) is 0.119. The van der Waals surface area contributed by atoms with Crippen LogP contribution in [0, 0.1) is 11.6 Å². The van der Waals surface area contributed by atoms with Crippen LogP contribution in [0.1, 0.15) is 5.56 Å². The molecule has 0 unspecified atom stereocenters. The van der Waals surface area contributed by atoms with Crippen LogP contribution in [0.25, 0.3) is 11.5 Å². The summed E-state index contributed by atoms with van der Waals surface area (Å²) in [5.74, 6) is -1.04. The van der Waals surface area contributed by atoms with Crippen molar-refractivity contribution in [2.24, 2.45) is 0 Å². The molecular formula is C20H15F2N2OS+. The maximum Gasteiger partial charge on any atom is 0.288 e. The van der Waals surface area contributed by atoms with Crippen LogP contribution in [0.15, 0.2) is 79.1 Å². The predicted octanol–water partition coefficient (Wildman–Crippen LogP) is 4.58. The highest BCUT2D eigenvalue weighted by atomic mass is 32.1. The topological polar surface area (TPSA) is 36.1 Å². The molecule has 0 aliphatic heterocycles. The molecule has 2 N–H and O–H groups in total. The molecule has 0 aliphatic rings. The molecule has 3 nitrogen and oxygen atoms in total. The number of aliphatic hydroxyl groups is 1. The van der Waals surface area contributed by atoms with E-state index in [1.807, 2.05) is 6.07 Å². The first kappa shape index (κ1) is 17.7. The first-order valence-corrected chi connectivity index (χ1v) is 8.19. The Morgan fingerprint density at radius 3 is 2.19 bits per heavy atom. The molecule has 130 valence electrons. The minimum Gasteiger partial charge on any atom is -0.502 e. The van der Waals surface area contributed by atoms with Crippen LogP contribution < -0.4 is 9.88 Å². The lowest BCUT2D eigenvalue weighted by Crippen LogP contribution is -2.38. The van der Waals surface area contributed by atoms with Gasteiger partial charge < -0.3 is 10.4 Å². The number of thiocarbonyl (C=S) groups is 1. The van der Waals surface area contributed by atoms with Crippen molar-refractivity contribution in [3.63, 3.8) is 0 Å². The number of aliphatic hydroxyl groups excluding tert-OH is 1. The molecule has 1 heterocycles. The van der Waals surface area contributed by atoms with Crippen LogP contribution in [0.5, 0.6) is 0 Å². The van der Waals surface area contributed by atoms with Crippen molar-refractivity contribution >= 4 is 34.3 Å². The normalized spacial score (nSPS) is 11.6. The average Bonchev–Trinajstić information content (AvgIpc) is 2.65. The number of hydrogen-bond donors (Lipinski definition) is 2. The molecule has 2 aromatic carbocycles. The van der Waals surface area contributed by atoms with E-state index in [0.717, 1.165) is 0 Å². The van der Waals surface area contributed by atoms with E-state index in [2.05, 4.69) is 5.32 Å². The van der Waals surface area contributed by atoms with Crippen molar-refractivity contribution in [3.05, 3.63) is 96.3 Å². The Kier molecular flexibility index (Phi) is 5.34. The zero-order chi connectivity index (χ0) is 18.5. The number of nitrogens with zero attached hydrogens (tertiary/aromatic N) is 1. The fourth-order valence-electron chi connectivity index (χ4n) is 2.38. The lowest BCUT2D eigenvalue weighted by Gasteiger charge is -2.10. The van der Waals surface area contributed by atoms with Crippen molar-refractivity contribution in [3.8, 4) is 0 Å². The molecule has 0 bridgehead atoms. The Morgan fingerprint density at radius 2 is 1.54 bits per heavy atom. The molecule has 0 atom stereocenters. The zero-order valence-corrected chi connectivity index (χ0v) is 14.4. The third-order valence-electron chi connectivity index (χ3n) is 3.65. The van der Waals surface area contributed by atoms with Crippen molar-refractivity contribution < 1.29 is 18.5 Å². The largest absolute Gasteiger partial charge is 0.502 e. The van der Waals surface area contributed by atoms with Gasteiger partial charge in [0.25, 0.3) is 5.70 Å². The highest BCUT2D eigenvalue weighted by Crippen LogP contribution is 2.20. The number of hydrogen-bond acceptors (Lipinski definition) is 2. The fourth-order valence-corrected chi connectivity index (χ4v) is 2.70. The van der Waals surface area contributed by atoms with E-state index in [0.29, 0.717) is 5.56 Å². The van der Waals surface area contributed by atoms with E-state index in [9.17, 15) is 13.9 Å². The van der Waals surface area contributed by atoms with Gasteiger partial charge in [-0.2, -0.15) is 4.57 Å². The van der Waals surface area contributed by atoms with Gasteiger partial charge in [-0.3, -0.25) is 0 Å². The summed E-state index contributed by atoms with van der Waals surface area (Å²) >= 11 is 5.41. The van der Waals surface area contributed by atoms with Crippen LogP contribution >= 0.6 is 12.2 Å². The Morgan fingerprint density at radius 1 is 0.885 bits per heavy atom. The van der Waals surface area contributed by atoms with Gasteiger partial charge in [-0.1, -0.05) is 30.4 Å². The van der Waals surface area contributed by atoms with Gasteiger partial charge in [-0.05, 0) is 36.4 Å². The fraction of sp³-hybridized carbons (Fsp3) is 0. The van der Waals surface area contributed by atoms with Crippen LogP contribution in [-0.2, 0) is 0 Å². The van der Waals surface area contributed by atoms with E-state index < -0.39 is 11.6 Å². The standard InChI is InChI=1S/C20H14F2N2OS/c21-15-10-8-14(9-11-15)19(25)18(24-12-4-1-5-13-24)20(26)23-17-7-3-2-6-16(17)22/h1-13H,(H-,23,25,26)/p+1. The predicted molar refractivity (Wildman–Crippen MR) is 101 cm³/mol. The van der Waals surface area contributed by atoms with Gasteiger partial charge in [0.1, 0.15) is 11.6 Å². The summed E-state index contributed by atoms with van der Waals surface area (Å²) in [6, 6.07) is 16.8. The smallest absolute Gasteiger partial charge is 0.288 e. The second-order valence-electron chi connectivity index (χ2n) is 5.42. The highest BCUT2D eigenvalue weighted by molar-refractivity contribution is 7.81. The summed E-state index contributed by atoms with van der Waals surface area (Å²) in [5.41, 5.74) is 0.823. The van der Waals surface area contributed by atoms with Gasteiger partial charge >= 0.3 is 0 Å². The number of para-hydroxylation sites is 1. The van der Waals surface area contributed by atoms with Gasteiger partial charge in [-0.25, -0.2) is 8.78 Å². The van der Waals surface area contributed by atoms with Crippen molar-refractivity contribution in [1.82, 2.24) is 0 Å². The van der Waals surface area contributed by atoms with Gasteiger partial charge in [0.2, 0.25) is 0 Å². The Bertz CT molecular complexity index is 957. The molecule has 26 heavy (non-hydrogen) atoms. The first-order chi connectivity index (χ1) is 12.6. The quantitative estimate of drug-likeness (QED) is 0.306. The highest BCUT2D eigenvalue weighted by Gasteiger charge is 2.24. The minimum absolute atomic E-state index is 0.119. The molecule has 3 rings (SSSR count). The summed E-state index contributed by atoms with van der Waals surface area (Å²) in [6.45, 7) is 0. The minimum atomic E-state index is -0.464. The van der Waals surface area contributed by atoms with Crippen molar-refractivity contribution in [2.45, 2.75) is 0 Å². The van der Waals surface area contributed by atoms with Gasteiger partial charge in [0, 0.05) is 17.7 Å². The van der Waals surface area contributed by atoms with Crippen LogP contribution in [0.2, 0.25) is 0 Å². The summed E-state index contributed by atoms with van der Waals surface area (Å²) in [6.07, 6.45) is 3.40. The number of nitrogens with one attached hydrogen (secondary N) is 1. The SMILES string of the molecule is O/C(=C(\C(=S)Nc1ccccc1F)[n+]1ccccc1)c1ccc(F)cc1. The lowest BCUT2D eigenvalue weighted by molar-refractivity contribution is -0.575. The Hall–Kier alpha value is -3.12. The first-order valence-electron chi connectivity index (χ1n) is 7.78. The number of aromatic nitrogens is 1. The van der Waals surface area contributed by atoms with Crippen molar-refractivity contribution in [1.29, 1.82) is 0 Å². The molecule has 0 aliphatic carbocycles. The second-order valence-corrected chi connectivity index (χ2v) is 5.83. The Balaban J connectivity index is 2.06.